The molecule has 5 N–H and O–H groups in total. The number of likely N-dealkylation sites (tertiary alicyclic amines) is 2. The predicted octanol–water partition coefficient (Wildman–Crippen LogP) is 7.21. The maximum absolute atomic E-state index is 13.9. The molecule has 2 fully saturated rings. The van der Waals surface area contributed by atoms with Crippen molar-refractivity contribution in [2.24, 2.45) is 5.92 Å². The van der Waals surface area contributed by atoms with Gasteiger partial charge in [-0.2, -0.15) is 0 Å². The molecule has 0 unspecified atom stereocenters. The molecule has 2 aliphatic heterocycles. The number of ether oxygens (including phenoxy) is 1. The van der Waals surface area contributed by atoms with E-state index in [-0.39, 0.29) is 48.2 Å². The first kappa shape index (κ1) is 44.9. The average molecular weight is 839 g/mol. The Kier molecular flexibility index (Phi) is 14.4. The first-order valence-corrected chi connectivity index (χ1v) is 21.1. The van der Waals surface area contributed by atoms with Gasteiger partial charge in [-0.1, -0.05) is 105 Å². The van der Waals surface area contributed by atoms with Crippen molar-refractivity contribution in [3.63, 3.8) is 0 Å². The Morgan fingerprint density at radius 1 is 0.774 bits per heavy atom. The van der Waals surface area contributed by atoms with Crippen LogP contribution in [-0.2, 0) is 19.1 Å². The van der Waals surface area contributed by atoms with Crippen LogP contribution in [0.5, 0.6) is 0 Å². The number of hydrogen-bond acceptors (Lipinski definition) is 8. The van der Waals surface area contributed by atoms with Crippen molar-refractivity contribution in [3.05, 3.63) is 120 Å². The Hall–Kier alpha value is -6.60. The van der Waals surface area contributed by atoms with E-state index < -0.39 is 30.3 Å². The highest BCUT2D eigenvalue weighted by Gasteiger charge is 2.41. The van der Waals surface area contributed by atoms with Crippen LogP contribution in [0, 0.1) is 16.7 Å². The van der Waals surface area contributed by atoms with Crippen molar-refractivity contribution in [2.45, 2.75) is 71.1 Å². The molecule has 13 nitrogen and oxygen atoms in total. The molecule has 0 spiro atoms. The Morgan fingerprint density at radius 2 is 1.37 bits per heavy atom. The number of carbonyl (C=O) groups is 4. The molecule has 3 amide bonds. The fourth-order valence-corrected chi connectivity index (χ4v) is 8.36. The minimum atomic E-state index is -0.757. The molecule has 4 atom stereocenters. The van der Waals surface area contributed by atoms with Crippen LogP contribution >= 0.6 is 0 Å². The fraction of sp³-hybridized carbons (Fsp3) is 0.347. The lowest BCUT2D eigenvalue weighted by atomic mass is 9.98. The summed E-state index contributed by atoms with van der Waals surface area (Å²) in [6, 6.07) is 27.5. The first-order valence-electron chi connectivity index (χ1n) is 21.1. The molecule has 62 heavy (non-hydrogen) atoms. The largest absolute Gasteiger partial charge is 0.453 e. The number of methoxy groups -OCH3 is 1. The number of hydrogen-bond donors (Lipinski definition) is 5. The third kappa shape index (κ3) is 9.95. The van der Waals surface area contributed by atoms with Crippen molar-refractivity contribution in [3.8, 4) is 11.1 Å². The van der Waals surface area contributed by atoms with Gasteiger partial charge in [-0.25, -0.2) is 4.79 Å². The molecule has 0 saturated carbocycles. The molecule has 0 bridgehead atoms. The summed E-state index contributed by atoms with van der Waals surface area (Å²) < 4.78 is 4.75. The number of benzene rings is 4. The number of amides is 3. The number of allylic oxidation sites excluding steroid dienone is 2. The predicted molar refractivity (Wildman–Crippen MR) is 245 cm³/mol. The molecule has 13 heteroatoms. The number of likely N-dealkylation sites (N-methyl/N-ethyl adjacent to an activating group) is 1. The Morgan fingerprint density at radius 3 is 2.00 bits per heavy atom. The molecule has 6 rings (SSSR count). The molecule has 2 heterocycles. The molecule has 4 aromatic carbocycles. The van der Waals surface area contributed by atoms with Crippen molar-refractivity contribution in [1.82, 2.24) is 30.7 Å². The van der Waals surface area contributed by atoms with Crippen LogP contribution in [0.4, 0.5) is 4.79 Å². The summed E-state index contributed by atoms with van der Waals surface area (Å²) >= 11 is 0. The van der Waals surface area contributed by atoms with Crippen LogP contribution in [-0.4, -0.2) is 102 Å². The zero-order chi connectivity index (χ0) is 44.7. The molecule has 324 valence electrons. The fourth-order valence-electron chi connectivity index (χ4n) is 8.36. The number of rotatable bonds is 13. The normalized spacial score (nSPS) is 17.9. The van der Waals surface area contributed by atoms with Gasteiger partial charge >= 0.3 is 6.09 Å². The number of alkyl carbamates (subject to hydrolysis) is 1. The third-order valence-electron chi connectivity index (χ3n) is 11.7. The van der Waals surface area contributed by atoms with E-state index in [1.54, 1.807) is 4.90 Å². The minimum absolute atomic E-state index is 0.0305. The lowest BCUT2D eigenvalue weighted by Gasteiger charge is -2.32. The van der Waals surface area contributed by atoms with Crippen LogP contribution in [0.25, 0.3) is 33.3 Å². The van der Waals surface area contributed by atoms with Gasteiger partial charge in [0.25, 0.3) is 0 Å². The summed E-state index contributed by atoms with van der Waals surface area (Å²) in [5, 5.41) is 29.3. The molecule has 0 aliphatic carbocycles. The molecule has 4 aromatic rings. The van der Waals surface area contributed by atoms with E-state index in [0.29, 0.717) is 18.7 Å². The van der Waals surface area contributed by atoms with Gasteiger partial charge < -0.3 is 30.5 Å². The maximum Gasteiger partial charge on any atom is 0.407 e. The standard InChI is InChI=1S/C49H58N8O5/c1-8-39(52-46(51)42-28-38(58)29-57(42)48(60)44(55(5)6)33-14-11-10-12-15-33)32-19-17-31(18-20-32)34-21-22-36-27-37(24-23-35(36)26-34)40(9-2)53-45(50)41-16-13-25-56(41)47(59)43(30(3)4)54-49(61)62-7/h8-12,14-15,17-24,26-27,30,41-44H,13,16,25,28-29H2,1-7H3,(H2,50,53)(H2,51,52)(H,54,61)/b39-8-,40-9-/t41-,42-,43-,44+/m0/s1. The second-order valence-electron chi connectivity index (χ2n) is 16.4. The van der Waals surface area contributed by atoms with Gasteiger partial charge in [0.15, 0.2) is 5.78 Å². The van der Waals surface area contributed by atoms with E-state index in [1.807, 2.05) is 120 Å². The summed E-state index contributed by atoms with van der Waals surface area (Å²) in [5.41, 5.74) is 6.11. The van der Waals surface area contributed by atoms with Crippen molar-refractivity contribution >= 4 is 57.5 Å². The van der Waals surface area contributed by atoms with Crippen LogP contribution < -0.4 is 16.0 Å². The van der Waals surface area contributed by atoms with Crippen molar-refractivity contribution in [1.29, 1.82) is 10.8 Å². The number of ketones is 1. The SMILES string of the molecule is C/C=C(\NC(=N)[C@@H]1CCCN1C(=O)[C@@H](NC(=O)OC)C(C)C)c1ccc2cc(-c3ccc(/C(=C/C)NC(=N)[C@@H]4CC(=O)CN4C(=O)[C@@H](c4ccccc4)N(C)C)cc3)ccc2c1. The van der Waals surface area contributed by atoms with Gasteiger partial charge in [0.1, 0.15) is 23.8 Å². The lowest BCUT2D eigenvalue weighted by Crippen LogP contribution is -2.55. The lowest BCUT2D eigenvalue weighted by molar-refractivity contribution is -0.137. The van der Waals surface area contributed by atoms with E-state index in [0.717, 1.165) is 50.7 Å². The van der Waals surface area contributed by atoms with E-state index >= 15 is 0 Å². The Balaban J connectivity index is 1.11. The topological polar surface area (TPSA) is 171 Å². The number of nitrogens with zero attached hydrogens (tertiary/aromatic N) is 3. The second kappa shape index (κ2) is 19.9. The Labute approximate surface area is 364 Å². The van der Waals surface area contributed by atoms with Gasteiger partial charge in [-0.3, -0.25) is 30.1 Å². The molecule has 2 aliphatic rings. The van der Waals surface area contributed by atoms with Gasteiger partial charge in [0, 0.05) is 24.4 Å². The average Bonchev–Trinajstić information content (AvgIpc) is 3.93. The first-order chi connectivity index (χ1) is 29.7. The zero-order valence-electron chi connectivity index (χ0n) is 36.6. The number of fused-ring (bicyclic) bond motifs is 1. The number of carbonyl (C=O) groups excluding carboxylic acids is 4. The molecule has 2 saturated heterocycles. The second-order valence-corrected chi connectivity index (χ2v) is 16.4. The van der Waals surface area contributed by atoms with Gasteiger partial charge in [0.05, 0.1) is 25.7 Å². The van der Waals surface area contributed by atoms with Gasteiger partial charge in [-0.15, -0.1) is 0 Å². The van der Waals surface area contributed by atoms with Crippen LogP contribution in [0.1, 0.15) is 69.7 Å². The van der Waals surface area contributed by atoms with Gasteiger partial charge in [0.2, 0.25) is 11.8 Å². The number of amidine groups is 2. The maximum atomic E-state index is 13.9. The van der Waals surface area contributed by atoms with Crippen molar-refractivity contribution in [2.75, 3.05) is 34.3 Å². The van der Waals surface area contributed by atoms with E-state index in [9.17, 15) is 19.2 Å². The summed E-state index contributed by atoms with van der Waals surface area (Å²) in [6.07, 6.45) is 4.64. The van der Waals surface area contributed by atoms with Crippen molar-refractivity contribution < 1.29 is 23.9 Å². The molecular weight excluding hydrogens is 781 g/mol. The Bertz CT molecular complexity index is 2390. The summed E-state index contributed by atoms with van der Waals surface area (Å²) in [5.74, 6) is -0.362. The summed E-state index contributed by atoms with van der Waals surface area (Å²) in [6.45, 7) is 8.01. The van der Waals surface area contributed by atoms with E-state index in [4.69, 9.17) is 15.6 Å². The summed E-state index contributed by atoms with van der Waals surface area (Å²) in [7, 11) is 4.95. The minimum Gasteiger partial charge on any atom is -0.453 e. The zero-order valence-corrected chi connectivity index (χ0v) is 36.6. The third-order valence-corrected chi connectivity index (χ3v) is 11.7. The highest BCUT2D eigenvalue weighted by molar-refractivity contribution is 6.03. The monoisotopic (exact) mass is 838 g/mol. The highest BCUT2D eigenvalue weighted by Crippen LogP contribution is 2.30. The molecule has 0 radical (unpaired) electrons. The quantitative estimate of drug-likeness (QED) is 0.0695. The number of Topliss-reactive ketones (excluding diaryl/α,β-unsaturated/α-hetero) is 1. The summed E-state index contributed by atoms with van der Waals surface area (Å²) in [4.78, 5) is 57.3. The van der Waals surface area contributed by atoms with Crippen LogP contribution in [0.15, 0.2) is 103 Å². The van der Waals surface area contributed by atoms with E-state index in [1.165, 1.54) is 12.0 Å². The molecule has 0 aromatic heterocycles. The van der Waals surface area contributed by atoms with E-state index in [2.05, 4.69) is 46.3 Å². The number of nitrogens with one attached hydrogen (secondary N) is 5. The van der Waals surface area contributed by atoms with Crippen LogP contribution in [0.3, 0.4) is 0 Å². The van der Waals surface area contributed by atoms with Crippen LogP contribution in [0.2, 0.25) is 0 Å². The van der Waals surface area contributed by atoms with Gasteiger partial charge in [-0.05, 0) is 97.4 Å². The highest BCUT2D eigenvalue weighted by atomic mass is 16.5. The molecular formula is C49H58N8O5. The smallest absolute Gasteiger partial charge is 0.407 e.